The van der Waals surface area contributed by atoms with Crippen molar-refractivity contribution in [2.75, 3.05) is 33.9 Å². The van der Waals surface area contributed by atoms with E-state index in [1.54, 1.807) is 26.4 Å². The van der Waals surface area contributed by atoms with Gasteiger partial charge >= 0.3 is 0 Å². The van der Waals surface area contributed by atoms with Crippen molar-refractivity contribution in [1.29, 1.82) is 0 Å². The van der Waals surface area contributed by atoms with Gasteiger partial charge in [0.15, 0.2) is 0 Å². The minimum absolute atomic E-state index is 0.0651. The summed E-state index contributed by atoms with van der Waals surface area (Å²) in [6.07, 6.45) is 0.715. The molecule has 1 aliphatic heterocycles. The van der Waals surface area contributed by atoms with Crippen LogP contribution >= 0.6 is 0 Å². The van der Waals surface area contributed by atoms with Crippen molar-refractivity contribution in [1.82, 2.24) is 4.90 Å². The monoisotopic (exact) mass is 373 g/mol. The number of morpholine rings is 1. The van der Waals surface area contributed by atoms with Gasteiger partial charge in [0, 0.05) is 13.0 Å². The zero-order valence-corrected chi connectivity index (χ0v) is 15.6. The first kappa shape index (κ1) is 19.2. The van der Waals surface area contributed by atoms with E-state index in [1.807, 2.05) is 23.1 Å². The topological polar surface area (TPSA) is 48.0 Å². The number of methoxy groups -OCH3 is 2. The summed E-state index contributed by atoms with van der Waals surface area (Å²) in [5.41, 5.74) is 1.82. The van der Waals surface area contributed by atoms with Gasteiger partial charge in [0.1, 0.15) is 23.4 Å². The molecule has 0 saturated carbocycles. The molecule has 6 heteroatoms. The molecule has 2 aromatic rings. The molecule has 0 radical (unpaired) electrons. The molecular formula is C21H24FNO4. The highest BCUT2D eigenvalue weighted by molar-refractivity contribution is 5.76. The van der Waals surface area contributed by atoms with Crippen LogP contribution in [0.25, 0.3) is 0 Å². The van der Waals surface area contributed by atoms with E-state index in [0.717, 1.165) is 22.6 Å². The first-order chi connectivity index (χ1) is 13.1. The Morgan fingerprint density at radius 2 is 1.96 bits per heavy atom. The molecule has 0 bridgehead atoms. The highest BCUT2D eigenvalue weighted by atomic mass is 19.1. The van der Waals surface area contributed by atoms with Crippen LogP contribution in [0.3, 0.4) is 0 Å². The number of ether oxygens (including phenoxy) is 3. The quantitative estimate of drug-likeness (QED) is 0.779. The molecule has 2 aromatic carbocycles. The lowest BCUT2D eigenvalue weighted by Gasteiger charge is -2.33. The first-order valence-corrected chi connectivity index (χ1v) is 8.96. The van der Waals surface area contributed by atoms with Gasteiger partial charge < -0.3 is 19.1 Å². The van der Waals surface area contributed by atoms with Gasteiger partial charge in [0.2, 0.25) is 5.91 Å². The second-order valence-corrected chi connectivity index (χ2v) is 6.43. The Kier molecular flexibility index (Phi) is 6.29. The highest BCUT2D eigenvalue weighted by Gasteiger charge is 2.25. The smallest absolute Gasteiger partial charge is 0.223 e. The molecule has 0 aromatic heterocycles. The van der Waals surface area contributed by atoms with Crippen LogP contribution in [0.1, 0.15) is 23.7 Å². The third kappa shape index (κ3) is 4.77. The highest BCUT2D eigenvalue weighted by Crippen LogP contribution is 2.26. The molecular weight excluding hydrogens is 349 g/mol. The van der Waals surface area contributed by atoms with Crippen LogP contribution in [0.2, 0.25) is 0 Å². The van der Waals surface area contributed by atoms with Crippen molar-refractivity contribution in [3.05, 3.63) is 59.4 Å². The van der Waals surface area contributed by atoms with E-state index in [1.165, 1.54) is 12.1 Å². The molecule has 0 spiro atoms. The number of hydrogen-bond acceptors (Lipinski definition) is 4. The summed E-state index contributed by atoms with van der Waals surface area (Å²) in [7, 11) is 3.22. The number of nitrogens with zero attached hydrogens (tertiary/aromatic N) is 1. The summed E-state index contributed by atoms with van der Waals surface area (Å²) < 4.78 is 29.5. The maximum absolute atomic E-state index is 13.1. The van der Waals surface area contributed by atoms with E-state index in [0.29, 0.717) is 32.5 Å². The number of amides is 1. The van der Waals surface area contributed by atoms with Crippen molar-refractivity contribution in [2.45, 2.75) is 18.9 Å². The zero-order valence-electron chi connectivity index (χ0n) is 15.6. The number of rotatable bonds is 6. The Morgan fingerprint density at radius 1 is 1.19 bits per heavy atom. The number of aryl methyl sites for hydroxylation is 1. The maximum atomic E-state index is 13.1. The summed E-state index contributed by atoms with van der Waals surface area (Å²) in [5.74, 6) is 1.26. The molecule has 27 heavy (non-hydrogen) atoms. The van der Waals surface area contributed by atoms with Crippen molar-refractivity contribution in [3.8, 4) is 11.5 Å². The van der Waals surface area contributed by atoms with E-state index in [-0.39, 0.29) is 17.8 Å². The number of carbonyl (C=O) groups is 1. The molecule has 1 aliphatic rings. The van der Waals surface area contributed by atoms with Gasteiger partial charge in [-0.2, -0.15) is 0 Å². The summed E-state index contributed by atoms with van der Waals surface area (Å²) in [6, 6.07) is 11.8. The molecule has 0 aliphatic carbocycles. The van der Waals surface area contributed by atoms with Gasteiger partial charge in [-0.25, -0.2) is 4.39 Å². The summed E-state index contributed by atoms with van der Waals surface area (Å²) in [6.45, 7) is 1.50. The Bertz CT molecular complexity index is 778. The van der Waals surface area contributed by atoms with Gasteiger partial charge in [-0.1, -0.05) is 12.1 Å². The second-order valence-electron chi connectivity index (χ2n) is 6.43. The van der Waals surface area contributed by atoms with Crippen LogP contribution in [-0.2, 0) is 16.0 Å². The Morgan fingerprint density at radius 3 is 2.67 bits per heavy atom. The summed E-state index contributed by atoms with van der Waals surface area (Å²) >= 11 is 0. The predicted octanol–water partition coefficient (Wildman–Crippen LogP) is 3.38. The van der Waals surface area contributed by atoms with Crippen LogP contribution in [0.5, 0.6) is 11.5 Å². The van der Waals surface area contributed by atoms with E-state index in [9.17, 15) is 9.18 Å². The van der Waals surface area contributed by atoms with Gasteiger partial charge in [0.25, 0.3) is 0 Å². The fourth-order valence-electron chi connectivity index (χ4n) is 3.23. The Hall–Kier alpha value is -2.60. The normalized spacial score (nSPS) is 16.9. The van der Waals surface area contributed by atoms with Crippen LogP contribution in [0, 0.1) is 5.82 Å². The lowest BCUT2D eigenvalue weighted by molar-refractivity contribution is -0.139. The SMILES string of the molecule is COc1ccc(OC)c(CCC(=O)N2CCOC(c3ccc(F)cc3)C2)c1. The molecule has 0 N–H and O–H groups in total. The number of hydrogen-bond donors (Lipinski definition) is 0. The maximum Gasteiger partial charge on any atom is 0.223 e. The average Bonchev–Trinajstić information content (AvgIpc) is 2.72. The predicted molar refractivity (Wildman–Crippen MR) is 99.5 cm³/mol. The Labute approximate surface area is 158 Å². The lowest BCUT2D eigenvalue weighted by atomic mass is 10.1. The van der Waals surface area contributed by atoms with Gasteiger partial charge in [0.05, 0.1) is 27.4 Å². The van der Waals surface area contributed by atoms with Crippen LogP contribution < -0.4 is 9.47 Å². The van der Waals surface area contributed by atoms with E-state index in [2.05, 4.69) is 0 Å². The molecule has 1 amide bonds. The third-order valence-corrected chi connectivity index (χ3v) is 4.76. The largest absolute Gasteiger partial charge is 0.497 e. The van der Waals surface area contributed by atoms with Crippen LogP contribution in [0.4, 0.5) is 4.39 Å². The molecule has 3 rings (SSSR count). The summed E-state index contributed by atoms with van der Waals surface area (Å²) in [4.78, 5) is 14.5. The third-order valence-electron chi connectivity index (χ3n) is 4.76. The van der Waals surface area contributed by atoms with Crippen molar-refractivity contribution in [2.24, 2.45) is 0 Å². The molecule has 5 nitrogen and oxygen atoms in total. The Balaban J connectivity index is 1.61. The zero-order chi connectivity index (χ0) is 19.2. The van der Waals surface area contributed by atoms with Crippen LogP contribution in [-0.4, -0.2) is 44.7 Å². The second kappa shape index (κ2) is 8.86. The van der Waals surface area contributed by atoms with Crippen molar-refractivity contribution >= 4 is 5.91 Å². The van der Waals surface area contributed by atoms with E-state index >= 15 is 0 Å². The molecule has 144 valence electrons. The summed E-state index contributed by atoms with van der Waals surface area (Å²) in [5, 5.41) is 0. The standard InChI is InChI=1S/C21H24FNO4/c1-25-18-8-9-19(26-2)16(13-18)5-10-21(24)23-11-12-27-20(14-23)15-3-6-17(22)7-4-15/h3-4,6-9,13,20H,5,10-12,14H2,1-2H3. The molecule has 1 saturated heterocycles. The minimum atomic E-state index is -0.283. The molecule has 1 fully saturated rings. The van der Waals surface area contributed by atoms with Gasteiger partial charge in [-0.15, -0.1) is 0 Å². The minimum Gasteiger partial charge on any atom is -0.497 e. The number of benzene rings is 2. The van der Waals surface area contributed by atoms with E-state index in [4.69, 9.17) is 14.2 Å². The molecule has 1 unspecified atom stereocenters. The van der Waals surface area contributed by atoms with E-state index < -0.39 is 0 Å². The van der Waals surface area contributed by atoms with Crippen LogP contribution in [0.15, 0.2) is 42.5 Å². The number of halogens is 1. The first-order valence-electron chi connectivity index (χ1n) is 8.96. The van der Waals surface area contributed by atoms with Crippen molar-refractivity contribution in [3.63, 3.8) is 0 Å². The van der Waals surface area contributed by atoms with Gasteiger partial charge in [-0.3, -0.25) is 4.79 Å². The number of carbonyl (C=O) groups excluding carboxylic acids is 1. The fourth-order valence-corrected chi connectivity index (χ4v) is 3.23. The fraction of sp³-hybridized carbons (Fsp3) is 0.381. The van der Waals surface area contributed by atoms with Crippen molar-refractivity contribution < 1.29 is 23.4 Å². The molecule has 1 heterocycles. The van der Waals surface area contributed by atoms with Gasteiger partial charge in [-0.05, 0) is 47.9 Å². The lowest BCUT2D eigenvalue weighted by Crippen LogP contribution is -2.42. The average molecular weight is 373 g/mol. The molecule has 1 atom stereocenters.